The normalized spacial score (nSPS) is 12.6. The molecule has 1 heterocycles. The molecule has 1 N–H and O–H groups in total. The highest BCUT2D eigenvalue weighted by Crippen LogP contribution is 2.29. The molecule has 0 aliphatic heterocycles. The van der Waals surface area contributed by atoms with E-state index in [-0.39, 0.29) is 16.6 Å². The molecule has 6 heteroatoms. The van der Waals surface area contributed by atoms with Gasteiger partial charge in [-0.15, -0.1) is 10.2 Å². The zero-order valence-electron chi connectivity index (χ0n) is 18.7. The molecule has 30 heavy (non-hydrogen) atoms. The number of nitrogens with one attached hydrogen (secondary N) is 1. The molecule has 0 unspecified atom stereocenters. The Kier molecular flexibility index (Phi) is 6.36. The van der Waals surface area contributed by atoms with Gasteiger partial charge in [0.1, 0.15) is 0 Å². The van der Waals surface area contributed by atoms with Gasteiger partial charge in [0, 0.05) is 11.3 Å². The van der Waals surface area contributed by atoms with Gasteiger partial charge in [-0.3, -0.25) is 4.79 Å². The summed E-state index contributed by atoms with van der Waals surface area (Å²) in [5, 5.41) is 11.3. The van der Waals surface area contributed by atoms with Crippen LogP contribution in [0.5, 0.6) is 0 Å². The molecule has 0 saturated carbocycles. The van der Waals surface area contributed by atoms with Gasteiger partial charge in [0.15, 0.2) is 0 Å². The van der Waals surface area contributed by atoms with E-state index in [2.05, 4.69) is 60.6 Å². The first kappa shape index (κ1) is 22.1. The molecule has 0 bridgehead atoms. The van der Waals surface area contributed by atoms with Gasteiger partial charge in [-0.1, -0.05) is 62.4 Å². The Balaban J connectivity index is 1.67. The number of rotatable bonds is 5. The molecule has 0 fully saturated rings. The highest BCUT2D eigenvalue weighted by Gasteiger charge is 2.20. The van der Waals surface area contributed by atoms with Crippen LogP contribution in [-0.4, -0.2) is 21.4 Å². The zero-order valence-corrected chi connectivity index (χ0v) is 19.5. The van der Waals surface area contributed by atoms with Crippen molar-refractivity contribution in [2.75, 3.05) is 5.32 Å². The first-order chi connectivity index (χ1) is 14.0. The minimum absolute atomic E-state index is 0.0886. The Morgan fingerprint density at radius 3 is 2.20 bits per heavy atom. The summed E-state index contributed by atoms with van der Waals surface area (Å²) in [6, 6.07) is 12.3. The van der Waals surface area contributed by atoms with Gasteiger partial charge in [0.25, 0.3) is 5.22 Å². The van der Waals surface area contributed by atoms with E-state index >= 15 is 0 Å². The van der Waals surface area contributed by atoms with Crippen molar-refractivity contribution in [3.05, 3.63) is 58.7 Å². The SMILES string of the molecule is Cc1cc(C)c(NC(=O)[C@@H](C)Sc2nnc(-c3ccc(C(C)(C)C)cc3)o2)c(C)c1. The van der Waals surface area contributed by atoms with E-state index in [1.54, 1.807) is 0 Å². The van der Waals surface area contributed by atoms with E-state index in [0.29, 0.717) is 11.1 Å². The van der Waals surface area contributed by atoms with Crippen molar-refractivity contribution in [1.82, 2.24) is 10.2 Å². The number of nitrogens with zero attached hydrogens (tertiary/aromatic N) is 2. The van der Waals surface area contributed by atoms with Crippen LogP contribution in [0.3, 0.4) is 0 Å². The lowest BCUT2D eigenvalue weighted by atomic mass is 9.87. The van der Waals surface area contributed by atoms with Crippen LogP contribution in [0, 0.1) is 20.8 Å². The summed E-state index contributed by atoms with van der Waals surface area (Å²) in [4.78, 5) is 12.7. The average Bonchev–Trinajstić information content (AvgIpc) is 3.12. The van der Waals surface area contributed by atoms with Gasteiger partial charge in [0.2, 0.25) is 11.8 Å². The third kappa shape index (κ3) is 5.11. The molecule has 0 aliphatic rings. The highest BCUT2D eigenvalue weighted by atomic mass is 32.2. The largest absolute Gasteiger partial charge is 0.411 e. The quantitative estimate of drug-likeness (QED) is 0.504. The summed E-state index contributed by atoms with van der Waals surface area (Å²) >= 11 is 1.26. The number of benzene rings is 2. The topological polar surface area (TPSA) is 68.0 Å². The van der Waals surface area contributed by atoms with Crippen LogP contribution in [0.1, 0.15) is 49.9 Å². The van der Waals surface area contributed by atoms with E-state index in [0.717, 1.165) is 22.4 Å². The Hall–Kier alpha value is -2.60. The highest BCUT2D eigenvalue weighted by molar-refractivity contribution is 8.00. The predicted molar refractivity (Wildman–Crippen MR) is 123 cm³/mol. The third-order valence-corrected chi connectivity index (χ3v) is 5.91. The van der Waals surface area contributed by atoms with E-state index in [9.17, 15) is 4.79 Å². The van der Waals surface area contributed by atoms with Crippen LogP contribution in [0.2, 0.25) is 0 Å². The molecular formula is C24H29N3O2S. The lowest BCUT2D eigenvalue weighted by Gasteiger charge is -2.18. The smallest absolute Gasteiger partial charge is 0.277 e. The van der Waals surface area contributed by atoms with E-state index in [4.69, 9.17) is 4.42 Å². The molecule has 5 nitrogen and oxygen atoms in total. The first-order valence-corrected chi connectivity index (χ1v) is 10.9. The second kappa shape index (κ2) is 8.64. The number of carbonyl (C=O) groups excluding carboxylic acids is 1. The summed E-state index contributed by atoms with van der Waals surface area (Å²) in [5.41, 5.74) is 6.35. The van der Waals surface area contributed by atoms with E-state index in [1.165, 1.54) is 22.9 Å². The van der Waals surface area contributed by atoms with Crippen LogP contribution < -0.4 is 5.32 Å². The lowest BCUT2D eigenvalue weighted by Crippen LogP contribution is -2.23. The number of hydrogen-bond acceptors (Lipinski definition) is 5. The standard InChI is InChI=1S/C24H29N3O2S/c1-14-12-15(2)20(16(3)13-14)25-21(28)17(4)30-23-27-26-22(29-23)18-8-10-19(11-9-18)24(5,6)7/h8-13,17H,1-7H3,(H,25,28)/t17-/m1/s1. The number of hydrogen-bond donors (Lipinski definition) is 1. The monoisotopic (exact) mass is 423 g/mol. The molecule has 0 aliphatic carbocycles. The predicted octanol–water partition coefficient (Wildman–Crippen LogP) is 6.08. The Labute approximate surface area is 182 Å². The van der Waals surface area contributed by atoms with Crippen LogP contribution in [0.25, 0.3) is 11.5 Å². The molecule has 3 aromatic rings. The number of anilines is 1. The Morgan fingerprint density at radius 1 is 1.03 bits per heavy atom. The van der Waals surface area contributed by atoms with Crippen molar-refractivity contribution in [2.45, 2.75) is 64.4 Å². The fourth-order valence-corrected chi connectivity index (χ4v) is 3.98. The molecule has 1 atom stereocenters. The lowest BCUT2D eigenvalue weighted by molar-refractivity contribution is -0.115. The number of aryl methyl sites for hydroxylation is 3. The summed E-state index contributed by atoms with van der Waals surface area (Å²) < 4.78 is 5.79. The van der Waals surface area contributed by atoms with Crippen molar-refractivity contribution >= 4 is 23.4 Å². The molecule has 2 aromatic carbocycles. The maximum Gasteiger partial charge on any atom is 0.277 e. The van der Waals surface area contributed by atoms with Crippen molar-refractivity contribution in [2.24, 2.45) is 0 Å². The van der Waals surface area contributed by atoms with Crippen LogP contribution >= 0.6 is 11.8 Å². The molecule has 0 saturated heterocycles. The minimum atomic E-state index is -0.373. The van der Waals surface area contributed by atoms with E-state index < -0.39 is 0 Å². The Morgan fingerprint density at radius 2 is 1.63 bits per heavy atom. The average molecular weight is 424 g/mol. The second-order valence-electron chi connectivity index (χ2n) is 8.72. The van der Waals surface area contributed by atoms with Gasteiger partial charge >= 0.3 is 0 Å². The maximum absolute atomic E-state index is 12.7. The Bertz CT molecular complexity index is 1030. The van der Waals surface area contributed by atoms with Crippen LogP contribution in [0.4, 0.5) is 5.69 Å². The summed E-state index contributed by atoms with van der Waals surface area (Å²) in [6.45, 7) is 14.4. The zero-order chi connectivity index (χ0) is 22.1. The fraction of sp³-hybridized carbons (Fsp3) is 0.375. The van der Waals surface area contributed by atoms with Crippen molar-refractivity contribution in [3.63, 3.8) is 0 Å². The van der Waals surface area contributed by atoms with Crippen molar-refractivity contribution < 1.29 is 9.21 Å². The van der Waals surface area contributed by atoms with Crippen molar-refractivity contribution in [1.29, 1.82) is 0 Å². The van der Waals surface area contributed by atoms with Crippen LogP contribution in [0.15, 0.2) is 46.0 Å². The minimum Gasteiger partial charge on any atom is -0.411 e. The third-order valence-electron chi connectivity index (χ3n) is 4.98. The van der Waals surface area contributed by atoms with Gasteiger partial charge in [-0.05, 0) is 61.9 Å². The van der Waals surface area contributed by atoms with Gasteiger partial charge < -0.3 is 9.73 Å². The number of aromatic nitrogens is 2. The number of amides is 1. The van der Waals surface area contributed by atoms with Gasteiger partial charge in [-0.25, -0.2) is 0 Å². The van der Waals surface area contributed by atoms with Gasteiger partial charge in [0.05, 0.1) is 5.25 Å². The van der Waals surface area contributed by atoms with Gasteiger partial charge in [-0.2, -0.15) is 0 Å². The molecule has 0 spiro atoms. The molecule has 1 amide bonds. The molecule has 3 rings (SSSR count). The van der Waals surface area contributed by atoms with E-state index in [1.807, 2.05) is 39.8 Å². The maximum atomic E-state index is 12.7. The molecule has 158 valence electrons. The summed E-state index contributed by atoms with van der Waals surface area (Å²) in [6.07, 6.45) is 0. The number of carbonyl (C=O) groups is 1. The fourth-order valence-electron chi connectivity index (χ4n) is 3.29. The molecule has 1 aromatic heterocycles. The summed E-state index contributed by atoms with van der Waals surface area (Å²) in [7, 11) is 0. The number of thioether (sulfide) groups is 1. The second-order valence-corrected chi connectivity index (χ2v) is 10.0. The summed E-state index contributed by atoms with van der Waals surface area (Å²) in [5.74, 6) is 0.361. The van der Waals surface area contributed by atoms with Crippen LogP contribution in [-0.2, 0) is 10.2 Å². The first-order valence-electron chi connectivity index (χ1n) is 10.0. The molecular weight excluding hydrogens is 394 g/mol. The molecule has 0 radical (unpaired) electrons. The van der Waals surface area contributed by atoms with Crippen molar-refractivity contribution in [3.8, 4) is 11.5 Å².